The summed E-state index contributed by atoms with van der Waals surface area (Å²) in [5.74, 6) is -0.196. The number of alkyl halides is 3. The monoisotopic (exact) mass is 451 g/mol. The number of likely N-dealkylation sites (N-methyl/N-ethyl adjacent to an activating group) is 1. The molecule has 0 fully saturated rings. The first-order valence-electron chi connectivity index (χ1n) is 11.0. The third kappa shape index (κ3) is 7.14. The van der Waals surface area contributed by atoms with E-state index in [4.69, 9.17) is 0 Å². The molecule has 1 aromatic carbocycles. The van der Waals surface area contributed by atoms with Gasteiger partial charge in [0.1, 0.15) is 0 Å². The van der Waals surface area contributed by atoms with Gasteiger partial charge in [-0.2, -0.15) is 13.2 Å². The van der Waals surface area contributed by atoms with Gasteiger partial charge in [0, 0.05) is 37.9 Å². The molecule has 0 aliphatic heterocycles. The van der Waals surface area contributed by atoms with Crippen molar-refractivity contribution in [3.63, 3.8) is 0 Å². The van der Waals surface area contributed by atoms with Gasteiger partial charge in [0.05, 0.1) is 18.7 Å². The Kier molecular flexibility index (Phi) is 9.35. The van der Waals surface area contributed by atoms with Crippen LogP contribution in [0.3, 0.4) is 0 Å². The van der Waals surface area contributed by atoms with Crippen molar-refractivity contribution >= 4 is 11.8 Å². The number of amides is 2. The fraction of sp³-hybridized carbons (Fsp3) is 0.500. The lowest BCUT2D eigenvalue weighted by atomic mass is 10.1. The van der Waals surface area contributed by atoms with Crippen molar-refractivity contribution in [3.05, 3.63) is 59.4 Å². The van der Waals surface area contributed by atoms with E-state index < -0.39 is 11.7 Å². The largest absolute Gasteiger partial charge is 0.416 e. The average molecular weight is 452 g/mol. The topological polar surface area (TPSA) is 45.6 Å². The number of carbonyl (C=O) groups excluding carboxylic acids is 2. The predicted octanol–water partition coefficient (Wildman–Crippen LogP) is 4.94. The maximum atomic E-state index is 13.0. The molecule has 5 nitrogen and oxygen atoms in total. The maximum Gasteiger partial charge on any atom is 0.416 e. The van der Waals surface area contributed by atoms with E-state index in [1.807, 2.05) is 30.5 Å². The van der Waals surface area contributed by atoms with Crippen LogP contribution in [0.4, 0.5) is 13.2 Å². The molecule has 8 heteroatoms. The van der Waals surface area contributed by atoms with Crippen molar-refractivity contribution in [3.8, 4) is 0 Å². The summed E-state index contributed by atoms with van der Waals surface area (Å²) in [6.07, 6.45) is -0.499. The van der Waals surface area contributed by atoms with Crippen LogP contribution >= 0.6 is 0 Å². The zero-order valence-corrected chi connectivity index (χ0v) is 19.0. The van der Waals surface area contributed by atoms with E-state index in [1.165, 1.54) is 6.07 Å². The minimum Gasteiger partial charge on any atom is -0.345 e. The highest BCUT2D eigenvalue weighted by Crippen LogP contribution is 2.29. The van der Waals surface area contributed by atoms with E-state index >= 15 is 0 Å². The Morgan fingerprint density at radius 2 is 1.75 bits per heavy atom. The van der Waals surface area contributed by atoms with Crippen LogP contribution in [0.25, 0.3) is 0 Å². The number of aromatic nitrogens is 1. The van der Waals surface area contributed by atoms with Gasteiger partial charge < -0.3 is 14.4 Å². The normalized spacial score (nSPS) is 11.4. The first-order valence-corrected chi connectivity index (χ1v) is 11.0. The van der Waals surface area contributed by atoms with Crippen molar-refractivity contribution in [1.29, 1.82) is 0 Å². The number of hydrogen-bond donors (Lipinski definition) is 0. The van der Waals surface area contributed by atoms with Gasteiger partial charge in [-0.3, -0.25) is 9.59 Å². The third-order valence-electron chi connectivity index (χ3n) is 5.38. The Morgan fingerprint density at radius 1 is 1.00 bits per heavy atom. The van der Waals surface area contributed by atoms with Crippen molar-refractivity contribution in [2.45, 2.75) is 59.3 Å². The van der Waals surface area contributed by atoms with Crippen molar-refractivity contribution in [2.24, 2.45) is 0 Å². The second kappa shape index (κ2) is 11.7. The summed E-state index contributed by atoms with van der Waals surface area (Å²) < 4.78 is 41.0. The Hall–Kier alpha value is -2.77. The first-order chi connectivity index (χ1) is 15.2. The molecule has 0 saturated carbocycles. The lowest BCUT2D eigenvalue weighted by Crippen LogP contribution is -2.43. The van der Waals surface area contributed by atoms with Crippen LogP contribution in [0.1, 0.15) is 56.9 Å². The van der Waals surface area contributed by atoms with E-state index in [-0.39, 0.29) is 24.9 Å². The van der Waals surface area contributed by atoms with E-state index in [1.54, 1.807) is 29.0 Å². The molecular weight excluding hydrogens is 419 g/mol. The molecule has 2 rings (SSSR count). The average Bonchev–Trinajstić information content (AvgIpc) is 3.20. The van der Waals surface area contributed by atoms with Crippen LogP contribution in [0.15, 0.2) is 42.6 Å². The number of hydrogen-bond acceptors (Lipinski definition) is 2. The van der Waals surface area contributed by atoms with Crippen molar-refractivity contribution < 1.29 is 22.8 Å². The van der Waals surface area contributed by atoms with Gasteiger partial charge >= 0.3 is 6.18 Å². The smallest absolute Gasteiger partial charge is 0.345 e. The predicted molar refractivity (Wildman–Crippen MR) is 118 cm³/mol. The summed E-state index contributed by atoms with van der Waals surface area (Å²) in [7, 11) is 0. The second-order valence-corrected chi connectivity index (χ2v) is 7.76. The van der Waals surface area contributed by atoms with Crippen LogP contribution < -0.4 is 0 Å². The Labute approximate surface area is 187 Å². The zero-order valence-electron chi connectivity index (χ0n) is 19.0. The number of carbonyl (C=O) groups is 2. The van der Waals surface area contributed by atoms with Crippen LogP contribution in [0.2, 0.25) is 0 Å². The van der Waals surface area contributed by atoms with Gasteiger partial charge in [0.2, 0.25) is 11.8 Å². The van der Waals surface area contributed by atoms with E-state index in [9.17, 15) is 22.8 Å². The molecule has 2 aromatic rings. The SMILES string of the molecule is CCCCN(Cc1cccn1Cc1cccc(C(F)(F)F)c1)C(=O)CN(CC)C(=O)CC. The highest BCUT2D eigenvalue weighted by molar-refractivity contribution is 5.84. The summed E-state index contributed by atoms with van der Waals surface area (Å²) in [6.45, 7) is 7.32. The molecule has 0 atom stereocenters. The third-order valence-corrected chi connectivity index (χ3v) is 5.38. The van der Waals surface area contributed by atoms with E-state index in [0.717, 1.165) is 30.7 Å². The van der Waals surface area contributed by atoms with Crippen LogP contribution in [-0.4, -0.2) is 45.8 Å². The van der Waals surface area contributed by atoms with Gasteiger partial charge in [0.25, 0.3) is 0 Å². The second-order valence-electron chi connectivity index (χ2n) is 7.76. The number of nitrogens with zero attached hydrogens (tertiary/aromatic N) is 3. The Morgan fingerprint density at radius 3 is 2.38 bits per heavy atom. The number of rotatable bonds is 11. The van der Waals surface area contributed by atoms with Gasteiger partial charge in [-0.05, 0) is 43.2 Å². The minimum atomic E-state index is -4.39. The molecule has 1 heterocycles. The molecule has 176 valence electrons. The molecule has 0 N–H and O–H groups in total. The molecule has 0 bridgehead atoms. The highest BCUT2D eigenvalue weighted by atomic mass is 19.4. The highest BCUT2D eigenvalue weighted by Gasteiger charge is 2.30. The fourth-order valence-corrected chi connectivity index (χ4v) is 3.49. The first kappa shape index (κ1) is 25.5. The minimum absolute atomic E-state index is 0.0290. The summed E-state index contributed by atoms with van der Waals surface area (Å²) in [5.41, 5.74) is 0.690. The molecule has 0 unspecified atom stereocenters. The molecule has 0 saturated heterocycles. The van der Waals surface area contributed by atoms with Crippen molar-refractivity contribution in [1.82, 2.24) is 14.4 Å². The summed E-state index contributed by atoms with van der Waals surface area (Å²) in [5, 5.41) is 0. The van der Waals surface area contributed by atoms with Crippen LogP contribution in [0, 0.1) is 0 Å². The molecular formula is C24H32F3N3O2. The fourth-order valence-electron chi connectivity index (χ4n) is 3.49. The number of halogens is 3. The van der Waals surface area contributed by atoms with Crippen LogP contribution in [0.5, 0.6) is 0 Å². The quantitative estimate of drug-likeness (QED) is 0.486. The standard InChI is InChI=1S/C24H32F3N3O2/c1-4-7-13-30(23(32)18-28(6-3)22(31)5-2)17-21-12-9-14-29(21)16-19-10-8-11-20(15-19)24(25,26)27/h8-12,14-15H,4-7,13,16-18H2,1-3H3. The lowest BCUT2D eigenvalue weighted by molar-refractivity contribution is -0.140. The van der Waals surface area contributed by atoms with Gasteiger partial charge in [-0.15, -0.1) is 0 Å². The molecule has 0 radical (unpaired) electrons. The van der Waals surface area contributed by atoms with Gasteiger partial charge in [-0.25, -0.2) is 0 Å². The van der Waals surface area contributed by atoms with Crippen LogP contribution in [-0.2, 0) is 28.9 Å². The lowest BCUT2D eigenvalue weighted by Gasteiger charge is -2.27. The zero-order chi connectivity index (χ0) is 23.7. The molecule has 32 heavy (non-hydrogen) atoms. The van der Waals surface area contributed by atoms with E-state index in [2.05, 4.69) is 0 Å². The van der Waals surface area contributed by atoms with Gasteiger partial charge in [0.15, 0.2) is 0 Å². The van der Waals surface area contributed by atoms with Crippen molar-refractivity contribution in [2.75, 3.05) is 19.6 Å². The number of unbranched alkanes of at least 4 members (excludes halogenated alkanes) is 1. The molecule has 0 aliphatic rings. The molecule has 1 aromatic heterocycles. The Bertz CT molecular complexity index is 893. The Balaban J connectivity index is 2.17. The maximum absolute atomic E-state index is 13.0. The van der Waals surface area contributed by atoms with E-state index in [0.29, 0.717) is 31.6 Å². The molecule has 2 amide bonds. The summed E-state index contributed by atoms with van der Waals surface area (Å²) in [4.78, 5) is 28.3. The summed E-state index contributed by atoms with van der Waals surface area (Å²) in [6, 6.07) is 8.97. The molecule has 0 spiro atoms. The molecule has 0 aliphatic carbocycles. The summed E-state index contributed by atoms with van der Waals surface area (Å²) >= 11 is 0. The number of benzene rings is 1. The van der Waals surface area contributed by atoms with Gasteiger partial charge in [-0.1, -0.05) is 32.4 Å².